The zero-order chi connectivity index (χ0) is 12.1. The summed E-state index contributed by atoms with van der Waals surface area (Å²) in [7, 11) is 0. The average molecular weight is 305 g/mol. The van der Waals surface area contributed by atoms with Gasteiger partial charge in [0.2, 0.25) is 0 Å². The van der Waals surface area contributed by atoms with E-state index < -0.39 is 0 Å². The SMILES string of the molecule is CC(C)C(Br)CNC(=O)c1ccc(Cl)cc1. The van der Waals surface area contributed by atoms with Crippen molar-refractivity contribution < 1.29 is 4.79 Å². The Morgan fingerprint density at radius 2 is 1.94 bits per heavy atom. The lowest BCUT2D eigenvalue weighted by atomic mass is 10.1. The molecular formula is C12H15BrClNO. The van der Waals surface area contributed by atoms with E-state index in [0.29, 0.717) is 27.9 Å². The van der Waals surface area contributed by atoms with Gasteiger partial charge in [0, 0.05) is 22.0 Å². The number of rotatable bonds is 4. The Morgan fingerprint density at radius 3 is 2.44 bits per heavy atom. The molecule has 0 fully saturated rings. The van der Waals surface area contributed by atoms with Crippen LogP contribution in [0, 0.1) is 5.92 Å². The lowest BCUT2D eigenvalue weighted by Crippen LogP contribution is -2.31. The van der Waals surface area contributed by atoms with Crippen LogP contribution in [0.15, 0.2) is 24.3 Å². The molecule has 1 amide bonds. The average Bonchev–Trinajstić information content (AvgIpc) is 2.26. The van der Waals surface area contributed by atoms with Crippen LogP contribution < -0.4 is 5.32 Å². The smallest absolute Gasteiger partial charge is 0.251 e. The molecule has 16 heavy (non-hydrogen) atoms. The van der Waals surface area contributed by atoms with Gasteiger partial charge in [0.25, 0.3) is 5.91 Å². The van der Waals surface area contributed by atoms with Crippen LogP contribution >= 0.6 is 27.5 Å². The van der Waals surface area contributed by atoms with Crippen LogP contribution in [0.4, 0.5) is 0 Å². The molecule has 4 heteroatoms. The van der Waals surface area contributed by atoms with Crippen LogP contribution in [0.3, 0.4) is 0 Å². The standard InChI is InChI=1S/C12H15BrClNO/c1-8(2)11(13)7-15-12(16)9-3-5-10(14)6-4-9/h3-6,8,11H,7H2,1-2H3,(H,15,16). The Morgan fingerprint density at radius 1 is 1.38 bits per heavy atom. The molecular weight excluding hydrogens is 289 g/mol. The Bertz CT molecular complexity index is 351. The van der Waals surface area contributed by atoms with Crippen LogP contribution in [0.1, 0.15) is 24.2 Å². The number of nitrogens with one attached hydrogen (secondary N) is 1. The molecule has 0 heterocycles. The van der Waals surface area contributed by atoms with E-state index >= 15 is 0 Å². The summed E-state index contributed by atoms with van der Waals surface area (Å²) in [6.45, 7) is 4.83. The van der Waals surface area contributed by atoms with Crippen molar-refractivity contribution in [2.24, 2.45) is 5.92 Å². The summed E-state index contributed by atoms with van der Waals surface area (Å²) in [5, 5.41) is 3.51. The summed E-state index contributed by atoms with van der Waals surface area (Å²) in [5.74, 6) is 0.423. The van der Waals surface area contributed by atoms with E-state index in [1.54, 1.807) is 24.3 Å². The molecule has 0 bridgehead atoms. The lowest BCUT2D eigenvalue weighted by molar-refractivity contribution is 0.0953. The normalized spacial score (nSPS) is 12.6. The molecule has 1 N–H and O–H groups in total. The molecule has 88 valence electrons. The van der Waals surface area contributed by atoms with Gasteiger partial charge in [-0.05, 0) is 30.2 Å². The van der Waals surface area contributed by atoms with Crippen molar-refractivity contribution in [2.45, 2.75) is 18.7 Å². The monoisotopic (exact) mass is 303 g/mol. The maximum atomic E-state index is 11.7. The lowest BCUT2D eigenvalue weighted by Gasteiger charge is -2.14. The van der Waals surface area contributed by atoms with E-state index in [0.717, 1.165) is 0 Å². The predicted octanol–water partition coefficient (Wildman–Crippen LogP) is 3.49. The molecule has 0 spiro atoms. The number of alkyl halides is 1. The highest BCUT2D eigenvalue weighted by Crippen LogP contribution is 2.12. The molecule has 0 saturated carbocycles. The Kier molecular flexibility index (Phi) is 5.29. The first-order valence-corrected chi connectivity index (χ1v) is 6.48. The van der Waals surface area contributed by atoms with Gasteiger partial charge in [0.05, 0.1) is 0 Å². The topological polar surface area (TPSA) is 29.1 Å². The molecule has 0 aliphatic heterocycles. The van der Waals surface area contributed by atoms with Crippen molar-refractivity contribution in [3.05, 3.63) is 34.9 Å². The first kappa shape index (κ1) is 13.5. The van der Waals surface area contributed by atoms with Gasteiger partial charge in [-0.25, -0.2) is 0 Å². The third-order valence-corrected chi connectivity index (χ3v) is 3.92. The molecule has 0 radical (unpaired) electrons. The minimum absolute atomic E-state index is 0.0678. The zero-order valence-electron chi connectivity index (χ0n) is 9.34. The first-order chi connectivity index (χ1) is 7.50. The molecule has 1 rings (SSSR count). The molecule has 0 aromatic heterocycles. The highest BCUT2D eigenvalue weighted by atomic mass is 79.9. The van der Waals surface area contributed by atoms with Crippen molar-refractivity contribution >= 4 is 33.4 Å². The summed E-state index contributed by atoms with van der Waals surface area (Å²) in [6.07, 6.45) is 0. The number of halogens is 2. The number of hydrogen-bond acceptors (Lipinski definition) is 1. The third-order valence-electron chi connectivity index (χ3n) is 2.29. The highest BCUT2D eigenvalue weighted by molar-refractivity contribution is 9.09. The first-order valence-electron chi connectivity index (χ1n) is 5.18. The second-order valence-corrected chi connectivity index (χ2v) is 5.59. The number of benzene rings is 1. The number of amides is 1. The summed E-state index contributed by atoms with van der Waals surface area (Å²) >= 11 is 9.27. The fourth-order valence-electron chi connectivity index (χ4n) is 1.13. The van der Waals surface area contributed by atoms with Gasteiger partial charge in [0.1, 0.15) is 0 Å². The molecule has 0 aliphatic carbocycles. The summed E-state index contributed by atoms with van der Waals surface area (Å²) < 4.78 is 0. The molecule has 2 nitrogen and oxygen atoms in total. The van der Waals surface area contributed by atoms with E-state index in [9.17, 15) is 4.79 Å². The van der Waals surface area contributed by atoms with Crippen molar-refractivity contribution in [1.29, 1.82) is 0 Å². The van der Waals surface area contributed by atoms with E-state index in [-0.39, 0.29) is 5.91 Å². The van der Waals surface area contributed by atoms with E-state index in [2.05, 4.69) is 35.1 Å². The minimum atomic E-state index is -0.0678. The van der Waals surface area contributed by atoms with Crippen LogP contribution in [-0.4, -0.2) is 17.3 Å². The number of carbonyl (C=O) groups is 1. The summed E-state index contributed by atoms with van der Waals surface area (Å²) in [6, 6.07) is 6.86. The minimum Gasteiger partial charge on any atom is -0.351 e. The van der Waals surface area contributed by atoms with Gasteiger partial charge < -0.3 is 5.32 Å². The maximum absolute atomic E-state index is 11.7. The molecule has 0 saturated heterocycles. The summed E-state index contributed by atoms with van der Waals surface area (Å²) in [4.78, 5) is 12.0. The largest absolute Gasteiger partial charge is 0.351 e. The van der Waals surface area contributed by atoms with Crippen molar-refractivity contribution in [2.75, 3.05) is 6.54 Å². The van der Waals surface area contributed by atoms with Gasteiger partial charge in [-0.1, -0.05) is 41.4 Å². The van der Waals surface area contributed by atoms with Gasteiger partial charge in [-0.2, -0.15) is 0 Å². The second kappa shape index (κ2) is 6.26. The second-order valence-electron chi connectivity index (χ2n) is 3.98. The van der Waals surface area contributed by atoms with Crippen molar-refractivity contribution in [1.82, 2.24) is 5.32 Å². The molecule has 1 atom stereocenters. The Hall–Kier alpha value is -0.540. The van der Waals surface area contributed by atoms with Crippen LogP contribution in [0.25, 0.3) is 0 Å². The zero-order valence-corrected chi connectivity index (χ0v) is 11.7. The number of carbonyl (C=O) groups excluding carboxylic acids is 1. The van der Waals surface area contributed by atoms with Crippen molar-refractivity contribution in [3.8, 4) is 0 Å². The van der Waals surface area contributed by atoms with Crippen LogP contribution in [0.2, 0.25) is 5.02 Å². The highest BCUT2D eigenvalue weighted by Gasteiger charge is 2.11. The van der Waals surface area contributed by atoms with Crippen LogP contribution in [-0.2, 0) is 0 Å². The Labute approximate surface area is 110 Å². The molecule has 1 aromatic carbocycles. The summed E-state index contributed by atoms with van der Waals surface area (Å²) in [5.41, 5.74) is 0.632. The maximum Gasteiger partial charge on any atom is 0.251 e. The van der Waals surface area contributed by atoms with Crippen LogP contribution in [0.5, 0.6) is 0 Å². The molecule has 0 aliphatic rings. The van der Waals surface area contributed by atoms with E-state index in [1.165, 1.54) is 0 Å². The number of hydrogen-bond donors (Lipinski definition) is 1. The fraction of sp³-hybridized carbons (Fsp3) is 0.417. The quantitative estimate of drug-likeness (QED) is 0.848. The predicted molar refractivity (Wildman–Crippen MR) is 71.3 cm³/mol. The Balaban J connectivity index is 2.50. The third kappa shape index (κ3) is 4.14. The van der Waals surface area contributed by atoms with E-state index in [4.69, 9.17) is 11.6 Å². The van der Waals surface area contributed by atoms with E-state index in [1.807, 2.05) is 0 Å². The van der Waals surface area contributed by atoms with Gasteiger partial charge in [0.15, 0.2) is 0 Å². The van der Waals surface area contributed by atoms with Gasteiger partial charge in [-0.3, -0.25) is 4.79 Å². The molecule has 1 aromatic rings. The molecule has 1 unspecified atom stereocenters. The van der Waals surface area contributed by atoms with Crippen molar-refractivity contribution in [3.63, 3.8) is 0 Å². The van der Waals surface area contributed by atoms with Gasteiger partial charge in [-0.15, -0.1) is 0 Å². The van der Waals surface area contributed by atoms with Gasteiger partial charge >= 0.3 is 0 Å². The fourth-order valence-corrected chi connectivity index (χ4v) is 1.42.